The number of aromatic nitrogens is 2. The van der Waals surface area contributed by atoms with E-state index < -0.39 is 0 Å². The SMILES string of the molecule is CCCCC(=O)N1CCN(c2cc(Cl)nc(SCC(=O)N3CCc4ccccc4C3)n2)CC1C. The van der Waals surface area contributed by atoms with Crippen molar-refractivity contribution in [2.75, 3.05) is 36.8 Å². The van der Waals surface area contributed by atoms with Crippen LogP contribution in [-0.4, -0.2) is 69.6 Å². The number of carbonyl (C=O) groups excluding carboxylic acids is 2. The fraction of sp³-hybridized carbons (Fsp3) is 0.520. The first-order valence-corrected chi connectivity index (χ1v) is 13.4. The normalized spacial score (nSPS) is 18.1. The summed E-state index contributed by atoms with van der Waals surface area (Å²) in [6.45, 7) is 7.62. The average molecular weight is 502 g/mol. The van der Waals surface area contributed by atoms with Gasteiger partial charge in [-0.25, -0.2) is 9.97 Å². The third-order valence-electron chi connectivity index (χ3n) is 6.48. The summed E-state index contributed by atoms with van der Waals surface area (Å²) < 4.78 is 0. The molecule has 0 spiro atoms. The van der Waals surface area contributed by atoms with Crippen molar-refractivity contribution in [3.63, 3.8) is 0 Å². The van der Waals surface area contributed by atoms with Crippen LogP contribution >= 0.6 is 23.4 Å². The molecule has 2 aromatic rings. The van der Waals surface area contributed by atoms with E-state index in [0.29, 0.717) is 42.9 Å². The molecule has 1 unspecified atom stereocenters. The Labute approximate surface area is 210 Å². The van der Waals surface area contributed by atoms with E-state index >= 15 is 0 Å². The van der Waals surface area contributed by atoms with Crippen LogP contribution in [0.4, 0.5) is 5.82 Å². The average Bonchev–Trinajstić information content (AvgIpc) is 2.85. The molecule has 2 aliphatic heterocycles. The molecule has 0 N–H and O–H groups in total. The van der Waals surface area contributed by atoms with Crippen LogP contribution in [0.5, 0.6) is 0 Å². The van der Waals surface area contributed by atoms with Gasteiger partial charge in [0.2, 0.25) is 11.8 Å². The fourth-order valence-electron chi connectivity index (χ4n) is 4.55. The summed E-state index contributed by atoms with van der Waals surface area (Å²) in [5.74, 6) is 1.33. The molecular formula is C25H32ClN5O2S. The van der Waals surface area contributed by atoms with E-state index in [9.17, 15) is 9.59 Å². The number of hydrogen-bond donors (Lipinski definition) is 0. The largest absolute Gasteiger partial charge is 0.353 e. The van der Waals surface area contributed by atoms with Crippen LogP contribution in [0, 0.1) is 0 Å². The van der Waals surface area contributed by atoms with Gasteiger partial charge in [0, 0.05) is 51.3 Å². The molecule has 0 bridgehead atoms. The summed E-state index contributed by atoms with van der Waals surface area (Å²) >= 11 is 7.63. The Kier molecular flexibility index (Phi) is 8.32. The first kappa shape index (κ1) is 24.8. The number of amides is 2. The van der Waals surface area contributed by atoms with E-state index in [0.717, 1.165) is 31.6 Å². The van der Waals surface area contributed by atoms with Crippen LogP contribution in [0.25, 0.3) is 0 Å². The lowest BCUT2D eigenvalue weighted by molar-refractivity contribution is -0.133. The van der Waals surface area contributed by atoms with Crippen LogP contribution in [0.3, 0.4) is 0 Å². The molecule has 2 amide bonds. The van der Waals surface area contributed by atoms with Crippen molar-refractivity contribution in [2.24, 2.45) is 0 Å². The zero-order valence-corrected chi connectivity index (χ0v) is 21.4. The van der Waals surface area contributed by atoms with Crippen LogP contribution < -0.4 is 4.90 Å². The maximum absolute atomic E-state index is 12.8. The predicted octanol–water partition coefficient (Wildman–Crippen LogP) is 4.03. The van der Waals surface area contributed by atoms with E-state index in [4.69, 9.17) is 11.6 Å². The quantitative estimate of drug-likeness (QED) is 0.324. The third-order valence-corrected chi connectivity index (χ3v) is 7.51. The first-order chi connectivity index (χ1) is 16.4. The third kappa shape index (κ3) is 6.02. The fourth-order valence-corrected chi connectivity index (χ4v) is 5.53. The number of rotatable bonds is 7. The van der Waals surface area contributed by atoms with E-state index in [1.165, 1.54) is 22.9 Å². The number of benzene rings is 1. The minimum Gasteiger partial charge on any atom is -0.353 e. The van der Waals surface area contributed by atoms with Crippen LogP contribution in [0.1, 0.15) is 44.2 Å². The molecule has 2 aliphatic rings. The monoisotopic (exact) mass is 501 g/mol. The van der Waals surface area contributed by atoms with Crippen molar-refractivity contribution in [2.45, 2.75) is 57.3 Å². The molecule has 0 aliphatic carbocycles. The Morgan fingerprint density at radius 3 is 2.68 bits per heavy atom. The zero-order valence-electron chi connectivity index (χ0n) is 19.9. The number of hydrogen-bond acceptors (Lipinski definition) is 6. The zero-order chi connectivity index (χ0) is 24.1. The van der Waals surface area contributed by atoms with Gasteiger partial charge < -0.3 is 14.7 Å². The van der Waals surface area contributed by atoms with Crippen molar-refractivity contribution in [3.05, 3.63) is 46.6 Å². The van der Waals surface area contributed by atoms with E-state index in [-0.39, 0.29) is 23.6 Å². The molecule has 7 nitrogen and oxygen atoms in total. The van der Waals surface area contributed by atoms with Gasteiger partial charge in [0.15, 0.2) is 5.16 Å². The first-order valence-electron chi connectivity index (χ1n) is 12.0. The van der Waals surface area contributed by atoms with Crippen LogP contribution in [0.15, 0.2) is 35.5 Å². The number of unbranched alkanes of at least 4 members (excludes halogenated alkanes) is 1. The molecular weight excluding hydrogens is 470 g/mol. The Balaban J connectivity index is 1.34. The van der Waals surface area contributed by atoms with Gasteiger partial charge in [0.1, 0.15) is 11.0 Å². The van der Waals surface area contributed by atoms with Gasteiger partial charge in [-0.15, -0.1) is 0 Å². The molecule has 0 radical (unpaired) electrons. The molecule has 4 rings (SSSR count). The topological polar surface area (TPSA) is 69.6 Å². The van der Waals surface area contributed by atoms with Crippen molar-refractivity contribution in [1.29, 1.82) is 0 Å². The van der Waals surface area contributed by atoms with Crippen LogP contribution in [0.2, 0.25) is 5.15 Å². The lowest BCUT2D eigenvalue weighted by Crippen LogP contribution is -2.54. The number of fused-ring (bicyclic) bond motifs is 1. The molecule has 9 heteroatoms. The summed E-state index contributed by atoms with van der Waals surface area (Å²) in [7, 11) is 0. The molecule has 182 valence electrons. The summed E-state index contributed by atoms with van der Waals surface area (Å²) in [4.78, 5) is 40.4. The van der Waals surface area contributed by atoms with Gasteiger partial charge in [0.05, 0.1) is 5.75 Å². The lowest BCUT2D eigenvalue weighted by Gasteiger charge is -2.40. The number of halogens is 1. The molecule has 0 saturated carbocycles. The van der Waals surface area contributed by atoms with E-state index in [1.54, 1.807) is 6.07 Å². The van der Waals surface area contributed by atoms with E-state index in [2.05, 4.69) is 40.8 Å². The summed E-state index contributed by atoms with van der Waals surface area (Å²) in [6, 6.07) is 10.2. The highest BCUT2D eigenvalue weighted by atomic mass is 35.5. The molecule has 1 atom stereocenters. The summed E-state index contributed by atoms with van der Waals surface area (Å²) in [5.41, 5.74) is 2.54. The number of thioether (sulfide) groups is 1. The van der Waals surface area contributed by atoms with Gasteiger partial charge >= 0.3 is 0 Å². The highest BCUT2D eigenvalue weighted by molar-refractivity contribution is 7.99. The Morgan fingerprint density at radius 1 is 1.12 bits per heavy atom. The maximum atomic E-state index is 12.8. The van der Waals surface area contributed by atoms with Crippen LogP contribution in [-0.2, 0) is 22.6 Å². The standard InChI is InChI=1S/C25H32ClN5O2S/c1-3-4-9-23(32)31-13-12-29(15-18(31)2)22-14-21(26)27-25(28-22)34-17-24(33)30-11-10-19-7-5-6-8-20(19)16-30/h5-8,14,18H,3-4,9-13,15-17H2,1-2H3. The van der Waals surface area contributed by atoms with Gasteiger partial charge in [-0.1, -0.05) is 61.0 Å². The number of carbonyl (C=O) groups is 2. The smallest absolute Gasteiger partial charge is 0.233 e. The number of nitrogens with zero attached hydrogens (tertiary/aromatic N) is 5. The van der Waals surface area contributed by atoms with Crippen molar-refractivity contribution < 1.29 is 9.59 Å². The molecule has 1 aromatic carbocycles. The number of anilines is 1. The highest BCUT2D eigenvalue weighted by Crippen LogP contribution is 2.25. The van der Waals surface area contributed by atoms with E-state index in [1.807, 2.05) is 21.9 Å². The molecule has 1 aromatic heterocycles. The van der Waals surface area contributed by atoms with Gasteiger partial charge in [-0.2, -0.15) is 0 Å². The predicted molar refractivity (Wildman–Crippen MR) is 136 cm³/mol. The minimum absolute atomic E-state index is 0.0810. The molecule has 1 saturated heterocycles. The summed E-state index contributed by atoms with van der Waals surface area (Å²) in [5, 5.41) is 0.864. The lowest BCUT2D eigenvalue weighted by atomic mass is 10.00. The highest BCUT2D eigenvalue weighted by Gasteiger charge is 2.28. The molecule has 1 fully saturated rings. The molecule has 34 heavy (non-hydrogen) atoms. The van der Waals surface area contributed by atoms with Gasteiger partial charge in [-0.3, -0.25) is 9.59 Å². The van der Waals surface area contributed by atoms with Gasteiger partial charge in [0.25, 0.3) is 0 Å². The second-order valence-corrected chi connectivity index (χ2v) is 10.3. The number of piperazine rings is 1. The Morgan fingerprint density at radius 2 is 1.91 bits per heavy atom. The van der Waals surface area contributed by atoms with Gasteiger partial charge in [-0.05, 0) is 30.9 Å². The molecule has 3 heterocycles. The van der Waals surface area contributed by atoms with Crippen molar-refractivity contribution in [3.8, 4) is 0 Å². The Bertz CT molecular complexity index is 1040. The van der Waals surface area contributed by atoms with Crippen molar-refractivity contribution >= 4 is 41.0 Å². The second-order valence-electron chi connectivity index (χ2n) is 8.94. The maximum Gasteiger partial charge on any atom is 0.233 e. The second kappa shape index (κ2) is 11.4. The minimum atomic E-state index is 0.0810. The van der Waals surface area contributed by atoms with Crippen molar-refractivity contribution in [1.82, 2.24) is 19.8 Å². The Hall–Kier alpha value is -2.32. The summed E-state index contributed by atoms with van der Waals surface area (Å²) in [6.07, 6.45) is 3.44.